The van der Waals surface area contributed by atoms with Gasteiger partial charge >= 0.3 is 0 Å². The van der Waals surface area contributed by atoms with Crippen LogP contribution in [0.15, 0.2) is 75.0 Å². The van der Waals surface area contributed by atoms with Gasteiger partial charge in [-0.25, -0.2) is 5.01 Å². The summed E-state index contributed by atoms with van der Waals surface area (Å²) in [7, 11) is 1.50. The fourth-order valence-corrected chi connectivity index (χ4v) is 3.33. The van der Waals surface area contributed by atoms with Gasteiger partial charge in [-0.3, -0.25) is 19.7 Å². The van der Waals surface area contributed by atoms with Crippen LogP contribution in [0.5, 0.6) is 0 Å². The second-order valence-corrected chi connectivity index (χ2v) is 6.96. The van der Waals surface area contributed by atoms with Gasteiger partial charge in [-0.2, -0.15) is 5.10 Å². The van der Waals surface area contributed by atoms with Crippen molar-refractivity contribution in [2.75, 3.05) is 13.6 Å². The molecule has 10 heteroatoms. The first-order valence-electron chi connectivity index (χ1n) is 9.41. The van der Waals surface area contributed by atoms with Gasteiger partial charge in [0.15, 0.2) is 5.76 Å². The molecule has 0 bridgehead atoms. The third kappa shape index (κ3) is 4.08. The third-order valence-corrected chi connectivity index (χ3v) is 4.90. The lowest BCUT2D eigenvalue weighted by Gasteiger charge is -2.23. The van der Waals surface area contributed by atoms with Crippen molar-refractivity contribution in [1.29, 1.82) is 0 Å². The zero-order valence-electron chi connectivity index (χ0n) is 16.5. The first-order chi connectivity index (χ1) is 14.9. The Labute approximate surface area is 176 Å². The molecule has 0 fully saturated rings. The highest BCUT2D eigenvalue weighted by molar-refractivity contribution is 6.03. The molecule has 0 radical (unpaired) electrons. The fourth-order valence-electron chi connectivity index (χ4n) is 3.33. The van der Waals surface area contributed by atoms with Crippen LogP contribution >= 0.6 is 0 Å². The topological polar surface area (TPSA) is 122 Å². The number of hydrogen-bond acceptors (Lipinski definition) is 7. The zero-order valence-corrected chi connectivity index (χ0v) is 16.5. The standard InChI is InChI=1S/C21H18N4O6/c1-23(21(27)19-5-3-11-31-19)13-20(26)24-17(18-4-2-10-30-18)12-16(22-24)14-6-8-15(9-7-14)25(28)29/h2-11,17H,12-13H2,1H3/t17-/m0/s1. The average Bonchev–Trinajstić information content (AvgIpc) is 3.54. The number of nitro benzene ring substituents is 1. The van der Waals surface area contributed by atoms with Crippen molar-refractivity contribution in [3.05, 3.63) is 88.3 Å². The van der Waals surface area contributed by atoms with Crippen LogP contribution in [0.4, 0.5) is 5.69 Å². The fraction of sp³-hybridized carbons (Fsp3) is 0.190. The molecule has 3 heterocycles. The van der Waals surface area contributed by atoms with Gasteiger partial charge in [0, 0.05) is 25.6 Å². The summed E-state index contributed by atoms with van der Waals surface area (Å²) in [5, 5.41) is 16.6. The highest BCUT2D eigenvalue weighted by Crippen LogP contribution is 2.33. The van der Waals surface area contributed by atoms with Crippen molar-refractivity contribution in [3.63, 3.8) is 0 Å². The molecule has 1 atom stereocenters. The van der Waals surface area contributed by atoms with E-state index in [2.05, 4.69) is 5.10 Å². The molecule has 10 nitrogen and oxygen atoms in total. The number of non-ortho nitro benzene ring substituents is 1. The van der Waals surface area contributed by atoms with E-state index in [9.17, 15) is 19.7 Å². The molecule has 2 aromatic heterocycles. The molecule has 158 valence electrons. The van der Waals surface area contributed by atoms with Crippen LogP contribution in [-0.2, 0) is 4.79 Å². The van der Waals surface area contributed by atoms with E-state index in [1.807, 2.05) is 0 Å². The molecule has 0 N–H and O–H groups in total. The maximum atomic E-state index is 13.0. The number of hydrazone groups is 1. The molecule has 1 aliphatic rings. The first-order valence-corrected chi connectivity index (χ1v) is 9.41. The predicted octanol–water partition coefficient (Wildman–Crippen LogP) is 3.23. The minimum atomic E-state index is -0.486. The van der Waals surface area contributed by atoms with Gasteiger partial charge in [-0.15, -0.1) is 0 Å². The van der Waals surface area contributed by atoms with Crippen LogP contribution in [0, 0.1) is 10.1 Å². The van der Waals surface area contributed by atoms with Crippen LogP contribution in [-0.4, -0.2) is 46.0 Å². The van der Waals surface area contributed by atoms with Crippen molar-refractivity contribution < 1.29 is 23.3 Å². The monoisotopic (exact) mass is 422 g/mol. The van der Waals surface area contributed by atoms with E-state index >= 15 is 0 Å². The lowest BCUT2D eigenvalue weighted by atomic mass is 10.0. The van der Waals surface area contributed by atoms with Crippen molar-refractivity contribution in [1.82, 2.24) is 9.91 Å². The first kappa shape index (κ1) is 20.1. The number of likely N-dealkylation sites (N-methyl/N-ethyl adjacent to an activating group) is 1. The maximum absolute atomic E-state index is 13.0. The average molecular weight is 422 g/mol. The molecule has 0 aliphatic carbocycles. The Morgan fingerprint density at radius 2 is 1.87 bits per heavy atom. The van der Waals surface area contributed by atoms with E-state index in [-0.39, 0.29) is 18.0 Å². The summed E-state index contributed by atoms with van der Waals surface area (Å²) < 4.78 is 10.6. The summed E-state index contributed by atoms with van der Waals surface area (Å²) >= 11 is 0. The number of rotatable bonds is 6. The SMILES string of the molecule is CN(CC(=O)N1N=C(c2ccc([N+](=O)[O-])cc2)C[C@H]1c1ccco1)C(=O)c1ccco1. The van der Waals surface area contributed by atoms with E-state index in [4.69, 9.17) is 8.83 Å². The van der Waals surface area contributed by atoms with Gasteiger partial charge in [-0.1, -0.05) is 0 Å². The molecular weight excluding hydrogens is 404 g/mol. The van der Waals surface area contributed by atoms with Crippen LogP contribution in [0.2, 0.25) is 0 Å². The van der Waals surface area contributed by atoms with Crippen LogP contribution in [0.3, 0.4) is 0 Å². The number of carbonyl (C=O) groups excluding carboxylic acids is 2. The van der Waals surface area contributed by atoms with Gasteiger partial charge in [0.1, 0.15) is 18.3 Å². The Bertz CT molecular complexity index is 1120. The second-order valence-electron chi connectivity index (χ2n) is 6.96. The molecular formula is C21H18N4O6. The second kappa shape index (κ2) is 8.27. The van der Waals surface area contributed by atoms with Crippen LogP contribution in [0.1, 0.15) is 34.3 Å². The molecule has 0 saturated carbocycles. The summed E-state index contributed by atoms with van der Waals surface area (Å²) in [5.74, 6) is -0.143. The maximum Gasteiger partial charge on any atom is 0.289 e. The molecule has 0 unspecified atom stereocenters. The van der Waals surface area contributed by atoms with Gasteiger partial charge in [0.2, 0.25) is 0 Å². The molecule has 0 saturated heterocycles. The van der Waals surface area contributed by atoms with Crippen molar-refractivity contribution in [3.8, 4) is 0 Å². The van der Waals surface area contributed by atoms with Gasteiger partial charge in [0.25, 0.3) is 17.5 Å². The Hall–Kier alpha value is -4.21. The van der Waals surface area contributed by atoms with Gasteiger partial charge in [0.05, 0.1) is 23.2 Å². The van der Waals surface area contributed by atoms with E-state index < -0.39 is 22.8 Å². The third-order valence-electron chi connectivity index (χ3n) is 4.90. The number of amides is 2. The number of carbonyl (C=O) groups is 2. The van der Waals surface area contributed by atoms with Gasteiger partial charge < -0.3 is 13.7 Å². The Balaban J connectivity index is 1.56. The molecule has 3 aromatic rings. The molecule has 31 heavy (non-hydrogen) atoms. The highest BCUT2D eigenvalue weighted by Gasteiger charge is 2.35. The summed E-state index contributed by atoms with van der Waals surface area (Å²) in [6, 6.07) is 12.1. The number of benzene rings is 1. The highest BCUT2D eigenvalue weighted by atomic mass is 16.6. The summed E-state index contributed by atoms with van der Waals surface area (Å²) in [6.45, 7) is -0.215. The van der Waals surface area contributed by atoms with E-state index in [1.54, 1.807) is 30.3 Å². The molecule has 2 amide bonds. The molecule has 1 aliphatic heterocycles. The molecule has 0 spiro atoms. The lowest BCUT2D eigenvalue weighted by Crippen LogP contribution is -2.39. The van der Waals surface area contributed by atoms with E-state index in [0.29, 0.717) is 23.5 Å². The Kier molecular flexibility index (Phi) is 5.35. The largest absolute Gasteiger partial charge is 0.467 e. The normalized spacial score (nSPS) is 15.6. The number of furan rings is 2. The van der Waals surface area contributed by atoms with E-state index in [0.717, 1.165) is 0 Å². The molecule has 4 rings (SSSR count). The number of hydrogen-bond donors (Lipinski definition) is 0. The quantitative estimate of drug-likeness (QED) is 0.444. The molecule has 1 aromatic carbocycles. The van der Waals surface area contributed by atoms with Crippen molar-refractivity contribution in [2.24, 2.45) is 5.10 Å². The van der Waals surface area contributed by atoms with Gasteiger partial charge in [-0.05, 0) is 42.0 Å². The van der Waals surface area contributed by atoms with Crippen molar-refractivity contribution >= 4 is 23.2 Å². The minimum absolute atomic E-state index is 0.0315. The zero-order chi connectivity index (χ0) is 22.0. The van der Waals surface area contributed by atoms with E-state index in [1.165, 1.54) is 47.7 Å². The summed E-state index contributed by atoms with van der Waals surface area (Å²) in [4.78, 5) is 37.1. The number of nitro groups is 1. The lowest BCUT2D eigenvalue weighted by molar-refractivity contribution is -0.384. The summed E-state index contributed by atoms with van der Waals surface area (Å²) in [6.07, 6.45) is 3.26. The predicted molar refractivity (Wildman–Crippen MR) is 108 cm³/mol. The summed E-state index contributed by atoms with van der Waals surface area (Å²) in [5.41, 5.74) is 1.22. The number of nitrogens with zero attached hydrogens (tertiary/aromatic N) is 4. The smallest absolute Gasteiger partial charge is 0.289 e. The minimum Gasteiger partial charge on any atom is -0.467 e. The van der Waals surface area contributed by atoms with Crippen LogP contribution < -0.4 is 0 Å². The van der Waals surface area contributed by atoms with Crippen LogP contribution in [0.25, 0.3) is 0 Å². The Morgan fingerprint density at radius 1 is 1.16 bits per heavy atom. The van der Waals surface area contributed by atoms with Crippen molar-refractivity contribution in [2.45, 2.75) is 12.5 Å². The Morgan fingerprint density at radius 3 is 2.48 bits per heavy atom.